The van der Waals surface area contributed by atoms with Crippen LogP contribution in [-0.4, -0.2) is 32.4 Å². The van der Waals surface area contributed by atoms with Crippen molar-refractivity contribution in [2.24, 2.45) is 0 Å². The highest BCUT2D eigenvalue weighted by atomic mass is 16.5. The first-order valence-corrected chi connectivity index (χ1v) is 8.42. The second kappa shape index (κ2) is 5.32. The highest BCUT2D eigenvalue weighted by Gasteiger charge is 2.27. The fourth-order valence-electron chi connectivity index (χ4n) is 3.74. The van der Waals surface area contributed by atoms with E-state index in [2.05, 4.69) is 31.5 Å². The number of aromatic amines is 1. The lowest BCUT2D eigenvalue weighted by molar-refractivity contribution is 0.374. The van der Waals surface area contributed by atoms with Gasteiger partial charge in [-0.2, -0.15) is 5.10 Å². The summed E-state index contributed by atoms with van der Waals surface area (Å²) in [5, 5.41) is 23.1. The molecule has 0 amide bonds. The van der Waals surface area contributed by atoms with E-state index in [9.17, 15) is 5.11 Å². The van der Waals surface area contributed by atoms with Gasteiger partial charge in [-0.3, -0.25) is 5.10 Å². The molecule has 5 rings (SSSR count). The number of aryl methyl sites for hydroxylation is 1. The third-order valence-electron chi connectivity index (χ3n) is 4.89. The Kier molecular flexibility index (Phi) is 3.06. The number of rotatable bonds is 3. The molecule has 1 atom stereocenters. The summed E-state index contributed by atoms with van der Waals surface area (Å²) < 4.78 is 5.19. The van der Waals surface area contributed by atoms with Crippen molar-refractivity contribution in [3.05, 3.63) is 47.4 Å². The highest BCUT2D eigenvalue weighted by molar-refractivity contribution is 5.93. The Hall–Kier alpha value is -3.35. The van der Waals surface area contributed by atoms with E-state index in [0.717, 1.165) is 28.5 Å². The van der Waals surface area contributed by atoms with Gasteiger partial charge in [-0.05, 0) is 24.6 Å². The van der Waals surface area contributed by atoms with Gasteiger partial charge in [0.05, 0.1) is 24.2 Å². The molecule has 0 bridgehead atoms. The molecule has 4 aromatic rings. The number of phenols is 1. The van der Waals surface area contributed by atoms with Crippen molar-refractivity contribution in [1.82, 2.24) is 20.2 Å². The first-order valence-electron chi connectivity index (χ1n) is 8.42. The van der Waals surface area contributed by atoms with E-state index in [1.165, 1.54) is 18.1 Å². The first-order chi connectivity index (χ1) is 12.6. The van der Waals surface area contributed by atoms with E-state index in [4.69, 9.17) is 4.74 Å². The molecule has 7 heteroatoms. The summed E-state index contributed by atoms with van der Waals surface area (Å²) in [5.41, 5.74) is 4.04. The zero-order chi connectivity index (χ0) is 17.8. The summed E-state index contributed by atoms with van der Waals surface area (Å²) in [6, 6.07) is 9.60. The number of benzene rings is 2. The summed E-state index contributed by atoms with van der Waals surface area (Å²) >= 11 is 0. The number of methoxy groups -OCH3 is 1. The Morgan fingerprint density at radius 3 is 2.96 bits per heavy atom. The summed E-state index contributed by atoms with van der Waals surface area (Å²) in [6.45, 7) is 1.85. The van der Waals surface area contributed by atoms with Gasteiger partial charge in [-0.25, -0.2) is 9.97 Å². The Labute approximate surface area is 149 Å². The number of hydrogen-bond acceptors (Lipinski definition) is 6. The minimum absolute atomic E-state index is 0.0680. The third-order valence-corrected chi connectivity index (χ3v) is 4.89. The van der Waals surface area contributed by atoms with Gasteiger partial charge >= 0.3 is 0 Å². The number of aromatic hydroxyl groups is 1. The standard InChI is InChI=1S/C19H17N5O2/c1-9-20-14-8-17(26-2)16(25)6-11(14)19(21-9)22-13-7-15-18-10(13)4-3-5-12(18)23-24-15/h3-6,8,13,25H,7H2,1-2H3,(H,23,24)(H,20,21,22). The molecule has 2 aromatic heterocycles. The molecule has 1 aliphatic carbocycles. The van der Waals surface area contributed by atoms with Crippen LogP contribution in [0.2, 0.25) is 0 Å². The van der Waals surface area contributed by atoms with Crippen LogP contribution in [-0.2, 0) is 6.42 Å². The molecule has 26 heavy (non-hydrogen) atoms. The van der Waals surface area contributed by atoms with Crippen LogP contribution < -0.4 is 10.1 Å². The summed E-state index contributed by atoms with van der Waals surface area (Å²) in [6.07, 6.45) is 0.808. The number of hydrogen-bond donors (Lipinski definition) is 3. The van der Waals surface area contributed by atoms with Gasteiger partial charge in [0.25, 0.3) is 0 Å². The number of phenolic OH excluding ortho intramolecular Hbond substituents is 1. The molecule has 1 unspecified atom stereocenters. The Morgan fingerprint density at radius 2 is 2.12 bits per heavy atom. The van der Waals surface area contributed by atoms with Gasteiger partial charge in [0, 0.05) is 29.0 Å². The number of ether oxygens (including phenoxy) is 1. The average Bonchev–Trinajstić information content (AvgIpc) is 3.20. The largest absolute Gasteiger partial charge is 0.504 e. The van der Waals surface area contributed by atoms with E-state index in [1.807, 2.05) is 19.1 Å². The minimum atomic E-state index is 0.0680. The van der Waals surface area contributed by atoms with E-state index < -0.39 is 0 Å². The van der Waals surface area contributed by atoms with E-state index in [1.54, 1.807) is 12.1 Å². The molecule has 3 N–H and O–H groups in total. The number of aromatic nitrogens is 4. The maximum Gasteiger partial charge on any atom is 0.162 e. The van der Waals surface area contributed by atoms with Crippen molar-refractivity contribution in [2.75, 3.05) is 12.4 Å². The van der Waals surface area contributed by atoms with Crippen molar-refractivity contribution < 1.29 is 9.84 Å². The first kappa shape index (κ1) is 14.9. The predicted octanol–water partition coefficient (Wildman–Crippen LogP) is 3.24. The molecule has 2 aromatic carbocycles. The van der Waals surface area contributed by atoms with E-state index in [0.29, 0.717) is 17.4 Å². The lowest BCUT2D eigenvalue weighted by Crippen LogP contribution is -2.12. The second-order valence-electron chi connectivity index (χ2n) is 6.51. The van der Waals surface area contributed by atoms with Crippen LogP contribution in [0, 0.1) is 6.92 Å². The number of anilines is 1. The fraction of sp³-hybridized carbons (Fsp3) is 0.211. The van der Waals surface area contributed by atoms with Gasteiger partial charge in [0.2, 0.25) is 0 Å². The summed E-state index contributed by atoms with van der Waals surface area (Å²) in [7, 11) is 1.52. The van der Waals surface area contributed by atoms with Gasteiger partial charge in [-0.15, -0.1) is 0 Å². The zero-order valence-electron chi connectivity index (χ0n) is 14.4. The number of nitrogens with one attached hydrogen (secondary N) is 2. The van der Waals surface area contributed by atoms with Crippen LogP contribution in [0.5, 0.6) is 11.5 Å². The normalized spacial score (nSPS) is 15.7. The molecular weight excluding hydrogens is 330 g/mol. The van der Waals surface area contributed by atoms with Gasteiger partial charge in [0.15, 0.2) is 11.5 Å². The topological polar surface area (TPSA) is 96.0 Å². The molecule has 0 saturated heterocycles. The molecule has 1 aliphatic rings. The Morgan fingerprint density at radius 1 is 1.23 bits per heavy atom. The monoisotopic (exact) mass is 347 g/mol. The molecule has 2 heterocycles. The molecule has 0 fully saturated rings. The van der Waals surface area contributed by atoms with Crippen molar-refractivity contribution in [3.8, 4) is 11.5 Å². The molecule has 7 nitrogen and oxygen atoms in total. The Balaban J connectivity index is 1.61. The van der Waals surface area contributed by atoms with Crippen LogP contribution in [0.1, 0.15) is 23.1 Å². The van der Waals surface area contributed by atoms with E-state index >= 15 is 0 Å². The lowest BCUT2D eigenvalue weighted by Gasteiger charge is -2.17. The quantitative estimate of drug-likeness (QED) is 0.526. The predicted molar refractivity (Wildman–Crippen MR) is 98.7 cm³/mol. The molecule has 0 aliphatic heterocycles. The second-order valence-corrected chi connectivity index (χ2v) is 6.51. The number of fused-ring (bicyclic) bond motifs is 1. The van der Waals surface area contributed by atoms with Crippen LogP contribution in [0.3, 0.4) is 0 Å². The van der Waals surface area contributed by atoms with Gasteiger partial charge in [-0.1, -0.05) is 12.1 Å². The average molecular weight is 347 g/mol. The van der Waals surface area contributed by atoms with Crippen molar-refractivity contribution in [3.63, 3.8) is 0 Å². The van der Waals surface area contributed by atoms with Crippen LogP contribution in [0.4, 0.5) is 5.82 Å². The van der Waals surface area contributed by atoms with Crippen LogP contribution in [0.25, 0.3) is 21.8 Å². The zero-order valence-corrected chi connectivity index (χ0v) is 14.4. The summed E-state index contributed by atoms with van der Waals surface area (Å²) in [5.74, 6) is 1.82. The molecule has 0 spiro atoms. The SMILES string of the molecule is COc1cc2nc(C)nc(NC3Cc4[nH]nc5cccc3c45)c2cc1O. The van der Waals surface area contributed by atoms with Crippen molar-refractivity contribution in [1.29, 1.82) is 0 Å². The van der Waals surface area contributed by atoms with Gasteiger partial charge < -0.3 is 15.2 Å². The minimum Gasteiger partial charge on any atom is -0.504 e. The van der Waals surface area contributed by atoms with Crippen molar-refractivity contribution >= 4 is 27.6 Å². The van der Waals surface area contributed by atoms with Crippen LogP contribution >= 0.6 is 0 Å². The highest BCUT2D eigenvalue weighted by Crippen LogP contribution is 2.39. The fourth-order valence-corrected chi connectivity index (χ4v) is 3.74. The summed E-state index contributed by atoms with van der Waals surface area (Å²) in [4.78, 5) is 9.04. The number of H-pyrrole nitrogens is 1. The van der Waals surface area contributed by atoms with Gasteiger partial charge in [0.1, 0.15) is 11.6 Å². The molecule has 0 radical (unpaired) electrons. The lowest BCUT2D eigenvalue weighted by atomic mass is 10.1. The van der Waals surface area contributed by atoms with E-state index in [-0.39, 0.29) is 11.8 Å². The Bertz CT molecular complexity index is 1170. The smallest absolute Gasteiger partial charge is 0.162 e. The maximum absolute atomic E-state index is 10.2. The maximum atomic E-state index is 10.2. The molecular formula is C19H17N5O2. The van der Waals surface area contributed by atoms with Crippen molar-refractivity contribution in [2.45, 2.75) is 19.4 Å². The third kappa shape index (κ3) is 2.10. The molecule has 0 saturated carbocycles. The van der Waals surface area contributed by atoms with Crippen LogP contribution in [0.15, 0.2) is 30.3 Å². The molecule has 130 valence electrons. The number of nitrogens with zero attached hydrogens (tertiary/aromatic N) is 3.